The molecule has 0 atom stereocenters. The lowest BCUT2D eigenvalue weighted by Gasteiger charge is -2.25. The summed E-state index contributed by atoms with van der Waals surface area (Å²) < 4.78 is 58.4. The standard InChI is InChI=1S/C15H33N.C14H30O.C14H30S.C12H25NO2.C11H24O3.C10H18O4.C10H22O2.C9H20O.C8H16O2.C6H14O/c1-14(2,3)10-8-12-16(7)13-9-11-15(4,5)6;2*1-13(2,3)9-7-11-15-12-8-10-14(4,5)6;1-11(2,3)10(14)13-8-7-9-15-12(4,5)6;1-10(2,3)13-7-9(12)8-14-11(4,5)6;1-6(2)9(11)13-8(5)14-10(12)7(3)4;1-9(2,3)11-7-8-12-10(4,5)6;1-8(2)6-7-10-9(3,4)5;1-6(2)5-8(9)10-7(3)4;1-5(2)7-6(3)4/h8-13H2,1-7H3;2*7-12H2,1-6H3;7-9H2,1-6H3,(H,13,14);9,12H,7-8H2,1-6H3;6-8H,1-5H3;7-8H2,1-6H3;8H,6-7H2,1-5H3;6-7H,5H2,1-4H3;5-6H,1-4H3. The number of carbonyl (C=O) groups is 4. The molecule has 0 aliphatic heterocycles. The normalized spacial score (nSPS) is 12.6. The molecule has 780 valence electrons. The number of rotatable bonds is 41. The number of hydrogen-bond donors (Lipinski definition) is 2. The van der Waals surface area contributed by atoms with Crippen LogP contribution in [-0.4, -0.2) is 189 Å². The fourth-order valence-electron chi connectivity index (χ4n) is 9.66. The molecule has 0 radical (unpaired) electrons. The number of nitrogens with zero attached hydrogens (tertiary/aromatic N) is 1. The Morgan fingerprint density at radius 3 is 0.875 bits per heavy atom. The Hall–Kier alpha value is -2.17. The maximum Gasteiger partial charge on any atom is 0.311 e. The first-order chi connectivity index (χ1) is 56.9. The molecule has 128 heavy (non-hydrogen) atoms. The predicted molar refractivity (Wildman–Crippen MR) is 558 cm³/mol. The highest BCUT2D eigenvalue weighted by Gasteiger charge is 2.24. The van der Waals surface area contributed by atoms with Gasteiger partial charge in [0.05, 0.1) is 90.2 Å². The van der Waals surface area contributed by atoms with Crippen LogP contribution in [0.5, 0.6) is 0 Å². The highest BCUT2D eigenvalue weighted by molar-refractivity contribution is 7.99. The summed E-state index contributed by atoms with van der Waals surface area (Å²) in [7, 11) is 2.26. The predicted octanol–water partition coefficient (Wildman–Crippen LogP) is 29.9. The molecule has 0 saturated heterocycles. The molecule has 0 unspecified atom stereocenters. The van der Waals surface area contributed by atoms with Gasteiger partial charge in [-0.15, -0.1) is 0 Å². The topological polar surface area (TPSA) is 205 Å². The fourth-order valence-corrected chi connectivity index (χ4v) is 10.6. The van der Waals surface area contributed by atoms with Crippen LogP contribution in [0.1, 0.15) is 470 Å². The lowest BCUT2D eigenvalue weighted by atomic mass is 9.90. The van der Waals surface area contributed by atoms with Crippen LogP contribution < -0.4 is 5.32 Å². The van der Waals surface area contributed by atoms with Crippen molar-refractivity contribution in [2.24, 2.45) is 61.6 Å². The van der Waals surface area contributed by atoms with Crippen LogP contribution in [0.2, 0.25) is 0 Å². The van der Waals surface area contributed by atoms with Gasteiger partial charge in [-0.25, -0.2) is 0 Å². The van der Waals surface area contributed by atoms with Gasteiger partial charge in [0.15, 0.2) is 0 Å². The minimum atomic E-state index is -0.806. The van der Waals surface area contributed by atoms with Crippen molar-refractivity contribution in [1.82, 2.24) is 10.2 Å². The van der Waals surface area contributed by atoms with Crippen LogP contribution in [0.4, 0.5) is 0 Å². The van der Waals surface area contributed by atoms with Gasteiger partial charge in [-0.2, -0.15) is 11.8 Å². The molecule has 18 nitrogen and oxygen atoms in total. The van der Waals surface area contributed by atoms with Crippen molar-refractivity contribution in [3.63, 3.8) is 0 Å². The molecule has 0 bridgehead atoms. The van der Waals surface area contributed by atoms with Crippen LogP contribution >= 0.6 is 11.8 Å². The van der Waals surface area contributed by atoms with Gasteiger partial charge in [0.2, 0.25) is 12.2 Å². The second-order valence-electron chi connectivity index (χ2n) is 51.0. The number of thioether (sulfide) groups is 1. The Kier molecular flexibility index (Phi) is 86.6. The average molecular weight is 1860 g/mol. The minimum absolute atomic E-state index is 0.0197. The van der Waals surface area contributed by atoms with Crippen molar-refractivity contribution in [2.75, 3.05) is 91.0 Å². The van der Waals surface area contributed by atoms with Crippen molar-refractivity contribution < 1.29 is 76.4 Å². The first kappa shape index (κ1) is 146. The Balaban J connectivity index is -0.000000152. The summed E-state index contributed by atoms with van der Waals surface area (Å²) in [6, 6.07) is 0. The van der Waals surface area contributed by atoms with E-state index in [0.29, 0.717) is 96.6 Å². The fraction of sp³-hybridized carbons (Fsp3) is 0.963. The second kappa shape index (κ2) is 75.9. The third-order valence-corrected chi connectivity index (χ3v) is 17.6. The van der Waals surface area contributed by atoms with Gasteiger partial charge in [-0.05, 0) is 332 Å². The molecular weight excluding hydrogens is 1630 g/mol. The van der Waals surface area contributed by atoms with Crippen LogP contribution in [0.15, 0.2) is 0 Å². The highest BCUT2D eigenvalue weighted by Crippen LogP contribution is 2.27. The van der Waals surface area contributed by atoms with Gasteiger partial charge in [0.25, 0.3) is 0 Å². The van der Waals surface area contributed by atoms with E-state index in [1.54, 1.807) is 27.7 Å². The number of hydrogen-bond acceptors (Lipinski definition) is 18. The summed E-state index contributed by atoms with van der Waals surface area (Å²) in [4.78, 5) is 47.0. The van der Waals surface area contributed by atoms with Crippen molar-refractivity contribution >= 4 is 35.6 Å². The number of carbonyl (C=O) groups excluding carboxylic acids is 4. The lowest BCUT2D eigenvalue weighted by Crippen LogP contribution is -2.35. The number of aliphatic hydroxyl groups excluding tert-OH is 1. The summed E-state index contributed by atoms with van der Waals surface area (Å²) in [5.74, 6) is 2.69. The van der Waals surface area contributed by atoms with E-state index in [1.807, 2.05) is 180 Å². The maximum atomic E-state index is 11.5. The first-order valence-corrected chi connectivity index (χ1v) is 50.9. The highest BCUT2D eigenvalue weighted by atomic mass is 32.2. The molecule has 2 N–H and O–H groups in total. The van der Waals surface area contributed by atoms with Crippen molar-refractivity contribution in [2.45, 2.75) is 535 Å². The van der Waals surface area contributed by atoms with E-state index >= 15 is 0 Å². The zero-order valence-electron chi connectivity index (χ0n) is 96.4. The molecule has 19 heteroatoms. The monoisotopic (exact) mass is 1860 g/mol. The molecule has 0 aliphatic carbocycles. The van der Waals surface area contributed by atoms with E-state index < -0.39 is 12.4 Å². The number of amides is 1. The largest absolute Gasteiger partial charge is 0.463 e. The summed E-state index contributed by atoms with van der Waals surface area (Å²) in [6.07, 6.45) is 17.7. The second-order valence-corrected chi connectivity index (χ2v) is 52.2. The van der Waals surface area contributed by atoms with E-state index in [2.05, 4.69) is 188 Å². The van der Waals surface area contributed by atoms with Gasteiger partial charge in [-0.3, -0.25) is 19.2 Å². The summed E-state index contributed by atoms with van der Waals surface area (Å²) in [5.41, 5.74) is 2.06. The molecule has 0 aromatic heterocycles. The van der Waals surface area contributed by atoms with Crippen molar-refractivity contribution in [3.8, 4) is 0 Å². The first-order valence-electron chi connectivity index (χ1n) is 49.8. The number of ether oxygens (including phenoxy) is 11. The van der Waals surface area contributed by atoms with Gasteiger partial charge in [0.1, 0.15) is 6.10 Å². The molecule has 0 rings (SSSR count). The average Bonchev–Trinajstić information content (AvgIpc) is 0.926. The summed E-state index contributed by atoms with van der Waals surface area (Å²) >= 11 is 2.13. The lowest BCUT2D eigenvalue weighted by molar-refractivity contribution is -0.189. The van der Waals surface area contributed by atoms with Crippen LogP contribution in [-0.2, 0) is 71.3 Å². The molecule has 0 aliphatic rings. The zero-order chi connectivity index (χ0) is 104. The molecule has 0 saturated carbocycles. The Bertz CT molecular complexity index is 2340. The maximum absolute atomic E-state index is 11.5. The number of esters is 3. The molecule has 0 heterocycles. The van der Waals surface area contributed by atoms with Gasteiger partial charge in [-0.1, -0.05) is 201 Å². The Morgan fingerprint density at radius 1 is 0.336 bits per heavy atom. The van der Waals surface area contributed by atoms with Crippen molar-refractivity contribution in [1.29, 1.82) is 0 Å². The third-order valence-electron chi connectivity index (χ3n) is 16.4. The molecule has 0 aromatic carbocycles. The van der Waals surface area contributed by atoms with E-state index in [0.717, 1.165) is 38.6 Å². The Labute approximate surface area is 804 Å². The van der Waals surface area contributed by atoms with E-state index in [4.69, 9.17) is 52.1 Å². The van der Waals surface area contributed by atoms with Gasteiger partial charge in [0, 0.05) is 51.7 Å². The van der Waals surface area contributed by atoms with Crippen LogP contribution in [0.3, 0.4) is 0 Å². The van der Waals surface area contributed by atoms with E-state index in [1.165, 1.54) is 109 Å². The molecule has 0 aromatic rings. The minimum Gasteiger partial charge on any atom is -0.463 e. The zero-order valence-corrected chi connectivity index (χ0v) is 97.2. The smallest absolute Gasteiger partial charge is 0.311 e. The van der Waals surface area contributed by atoms with Crippen molar-refractivity contribution in [3.05, 3.63) is 0 Å². The van der Waals surface area contributed by atoms with Gasteiger partial charge >= 0.3 is 17.9 Å². The number of nitrogens with one attached hydrogen (secondary N) is 1. The van der Waals surface area contributed by atoms with E-state index in [9.17, 15) is 24.3 Å². The Morgan fingerprint density at radius 2 is 0.625 bits per heavy atom. The van der Waals surface area contributed by atoms with E-state index in [-0.39, 0.29) is 80.8 Å². The molecular formula is C109H232N2O16S. The summed E-state index contributed by atoms with van der Waals surface area (Å²) in [5, 5.41) is 12.4. The SMILES string of the molecule is CC(C)(C)CCCOCCCC(C)(C)C.CC(C)(C)CCCSCCCC(C)(C)C.CC(C)(C)OCC(O)COC(C)(C)C.CC(C)(C)OCCCNC(=O)C(C)(C)C.CC(C)(C)OCCOC(C)(C)C.CC(C)CC(=O)OC(C)C.CC(C)CCOC(C)(C)C.CC(C)OC(C)C.CC(OC(=O)C(C)C)OC(=O)C(C)C.CN(CCCC(C)(C)C)CCCC(C)(C)C. The molecule has 1 amide bonds. The van der Waals surface area contributed by atoms with Gasteiger partial charge < -0.3 is 67.4 Å². The third kappa shape index (κ3) is 164. The number of aliphatic hydroxyl groups is 1. The summed E-state index contributed by atoms with van der Waals surface area (Å²) in [6.45, 7) is 121. The van der Waals surface area contributed by atoms with Crippen LogP contribution in [0, 0.1) is 61.6 Å². The van der Waals surface area contributed by atoms with Crippen LogP contribution in [0.25, 0.3) is 0 Å². The molecule has 0 fully saturated rings. The quantitative estimate of drug-likeness (QED) is 0.0332. The molecule has 0 spiro atoms.